The van der Waals surface area contributed by atoms with E-state index in [1.807, 2.05) is 53.2 Å². The number of carbonyl (C=O) groups excluding carboxylic acids is 2. The maximum atomic E-state index is 11.3. The van der Waals surface area contributed by atoms with Gasteiger partial charge in [0.05, 0.1) is 49.5 Å². The van der Waals surface area contributed by atoms with Crippen LogP contribution in [0, 0.1) is 28.6 Å². The molecular formula is C42H70I3NaO10V-2. The van der Waals surface area contributed by atoms with Crippen molar-refractivity contribution < 1.29 is 97.8 Å². The predicted octanol–water partition coefficient (Wildman–Crippen LogP) is 5.87. The molecule has 2 saturated heterocycles. The first-order valence-corrected chi connectivity index (χ1v) is 22.8. The summed E-state index contributed by atoms with van der Waals surface area (Å²) >= 11 is 4.33. The van der Waals surface area contributed by atoms with Crippen LogP contribution in [0.4, 0.5) is 0 Å². The zero-order valence-corrected chi connectivity index (χ0v) is 44.7. The zero-order valence-electron chi connectivity index (χ0n) is 34.6. The van der Waals surface area contributed by atoms with Crippen molar-refractivity contribution in [3.05, 3.63) is 41.1 Å². The van der Waals surface area contributed by atoms with E-state index >= 15 is 0 Å². The number of carbonyl (C=O) groups is 1. The van der Waals surface area contributed by atoms with Gasteiger partial charge in [-0.15, -0.1) is 24.0 Å². The van der Waals surface area contributed by atoms with E-state index in [0.29, 0.717) is 41.4 Å². The van der Waals surface area contributed by atoms with E-state index in [2.05, 4.69) is 47.4 Å². The van der Waals surface area contributed by atoms with Gasteiger partial charge in [-0.2, -0.15) is 6.42 Å². The van der Waals surface area contributed by atoms with Crippen LogP contribution in [-0.4, -0.2) is 91.9 Å². The van der Waals surface area contributed by atoms with E-state index in [0.717, 1.165) is 95.7 Å². The van der Waals surface area contributed by atoms with E-state index < -0.39 is 12.2 Å². The van der Waals surface area contributed by atoms with Gasteiger partial charge in [0.2, 0.25) is 0 Å². The molecular weight excluding hydrogens is 1120 g/mol. The Balaban J connectivity index is -0.000000923. The Bertz CT molecular complexity index is 1120. The molecule has 12 atom stereocenters. The molecule has 0 bridgehead atoms. The topological polar surface area (TPSA) is 173 Å². The van der Waals surface area contributed by atoms with Crippen LogP contribution in [0.3, 0.4) is 0 Å². The summed E-state index contributed by atoms with van der Waals surface area (Å²) in [6, 6.07) is 0. The Morgan fingerprint density at radius 3 is 1.96 bits per heavy atom. The van der Waals surface area contributed by atoms with Crippen LogP contribution in [0.15, 0.2) is 36.1 Å². The monoisotopic (exact) mass is 1190 g/mol. The van der Waals surface area contributed by atoms with Gasteiger partial charge in [0.25, 0.3) is 0 Å². The van der Waals surface area contributed by atoms with Crippen molar-refractivity contribution in [3.8, 4) is 0 Å². The molecule has 1 radical (unpaired) electrons. The molecule has 57 heavy (non-hydrogen) atoms. The number of aliphatic hydroxyl groups is 4. The summed E-state index contributed by atoms with van der Waals surface area (Å²) in [6.45, 7) is 4.31. The van der Waals surface area contributed by atoms with Crippen LogP contribution >= 0.6 is 69.2 Å². The molecule has 2 saturated carbocycles. The number of hydrogen-bond acceptors (Lipinski definition) is 10. The summed E-state index contributed by atoms with van der Waals surface area (Å²) in [7, 11) is 1.42. The first kappa shape index (κ1) is 63.0. The molecule has 5 N–H and O–H groups in total. The first-order valence-electron chi connectivity index (χ1n) is 20.0. The van der Waals surface area contributed by atoms with Crippen LogP contribution in [0.2, 0.25) is 0 Å². The largest absolute Gasteiger partial charge is 1.00 e. The summed E-state index contributed by atoms with van der Waals surface area (Å²) in [6.07, 6.45) is 26.1. The molecule has 2 aliphatic heterocycles. The van der Waals surface area contributed by atoms with Gasteiger partial charge in [-0.1, -0.05) is 106 Å². The molecule has 0 spiro atoms. The summed E-state index contributed by atoms with van der Waals surface area (Å²) in [5.74, 6) is 1.58. The van der Waals surface area contributed by atoms with Crippen LogP contribution in [0.25, 0.3) is 0 Å². The van der Waals surface area contributed by atoms with Crippen molar-refractivity contribution in [3.63, 3.8) is 0 Å². The summed E-state index contributed by atoms with van der Waals surface area (Å²) < 4.78 is 17.2. The van der Waals surface area contributed by atoms with Crippen molar-refractivity contribution >= 4 is 81.4 Å². The third-order valence-corrected chi connectivity index (χ3v) is 12.5. The van der Waals surface area contributed by atoms with Crippen LogP contribution in [0.5, 0.6) is 0 Å². The number of unbranched alkanes of at least 4 members (excludes halogenated alkanes) is 6. The number of esters is 1. The Morgan fingerprint density at radius 1 is 0.895 bits per heavy atom. The minimum Gasteiger partial charge on any atom is -0.870 e. The summed E-state index contributed by atoms with van der Waals surface area (Å²) in [4.78, 5) is 24.7. The van der Waals surface area contributed by atoms with Gasteiger partial charge >= 0.3 is 35.5 Å². The molecule has 0 aromatic rings. The van der Waals surface area contributed by atoms with Crippen LogP contribution in [-0.2, 0) is 42.4 Å². The Hall–Kier alpha value is 1.69. The SMILES string of the molecule is CCCCC[C@H](O)/C=C/[C@@H]1[C@H]2C/C(=C/CCC[C-]=O)O[C@H]2C[C@H]1O.CCCCC[C@H](O)/C=C/[C@@H]1[C@H]2CC(C(I)CCCC(=O)OC)O[C@H]2C[C@H]1O.I.[CH2-]I.[Na+].[OH-].[V]. The Kier molecular flexibility index (Phi) is 41.0. The van der Waals surface area contributed by atoms with Gasteiger partial charge in [-0.3, -0.25) is 16.0 Å². The summed E-state index contributed by atoms with van der Waals surface area (Å²) in [5.41, 5.74) is 0. The van der Waals surface area contributed by atoms with Crippen molar-refractivity contribution in [1.29, 1.82) is 0 Å². The number of halogens is 3. The second-order valence-electron chi connectivity index (χ2n) is 15.0. The number of aliphatic hydroxyl groups excluding tert-OH is 4. The fraction of sp³-hybridized carbons (Fsp3) is 0.786. The molecule has 0 aromatic carbocycles. The minimum absolute atomic E-state index is 0. The Morgan fingerprint density at radius 2 is 1.44 bits per heavy atom. The van der Waals surface area contributed by atoms with Gasteiger partial charge in [0, 0.05) is 65.9 Å². The van der Waals surface area contributed by atoms with Gasteiger partial charge in [-0.05, 0) is 50.5 Å². The van der Waals surface area contributed by atoms with Gasteiger partial charge in [0.15, 0.2) is 0 Å². The number of fused-ring (bicyclic) bond motifs is 2. The smallest absolute Gasteiger partial charge is 0.870 e. The third-order valence-electron chi connectivity index (χ3n) is 11.0. The van der Waals surface area contributed by atoms with Crippen molar-refractivity contribution in [2.75, 3.05) is 7.11 Å². The maximum absolute atomic E-state index is 11.3. The molecule has 0 aromatic heterocycles. The summed E-state index contributed by atoms with van der Waals surface area (Å²) in [5, 5.41) is 40.9. The standard InChI is InChI=1S/C21H35IO5.C20H31O4.CH2I.HI.Na.H2O.V/c1-3-4-5-7-14(23)10-11-15-16-12-20(27-19(16)13-18(15)24)17(22)8-6-9-21(25)26-2;1-2-3-5-8-15(22)10-11-17-18-13-16(9-6-4-7-12-21)24-20(18)14-19(17)23;1-2;;;;/h10-11,14-20,23-24H,3-9,12-13H2,1-2H3;9-11,15,17-20,22-23H,2-8,13-14H2,1H3;1H2;1H;;1H2;/q;2*-1;;+1;;/p-1/b11-10+;11-10+,16-9-;;;;;/t14-,15+,16+,17?,18+,19-,20?;15-,17+,18+,19+,20-;;;;;/m00...../s1. The normalized spacial score (nSPS) is 29.1. The molecule has 15 heteroatoms. The molecule has 2 heterocycles. The molecule has 4 rings (SSSR count). The molecule has 10 nitrogen and oxygen atoms in total. The third kappa shape index (κ3) is 23.3. The molecule has 2 aliphatic carbocycles. The molecule has 4 fully saturated rings. The average molecular weight is 1190 g/mol. The number of ether oxygens (including phenoxy) is 3. The van der Waals surface area contributed by atoms with Crippen molar-refractivity contribution in [1.82, 2.24) is 0 Å². The molecule has 0 amide bonds. The van der Waals surface area contributed by atoms with E-state index in [4.69, 9.17) is 14.2 Å². The number of rotatable bonds is 21. The van der Waals surface area contributed by atoms with Crippen molar-refractivity contribution in [2.45, 2.75) is 176 Å². The first-order chi connectivity index (χ1) is 25.6. The Labute approximate surface area is 422 Å². The second kappa shape index (κ2) is 37.1. The fourth-order valence-electron chi connectivity index (χ4n) is 8.08. The van der Waals surface area contributed by atoms with Gasteiger partial charge < -0.3 is 67.5 Å². The fourth-order valence-corrected chi connectivity index (χ4v) is 8.99. The van der Waals surface area contributed by atoms with Crippen LogP contribution < -0.4 is 29.6 Å². The van der Waals surface area contributed by atoms with E-state index in [-0.39, 0.29) is 126 Å². The van der Waals surface area contributed by atoms with E-state index in [1.54, 1.807) is 0 Å². The second-order valence-corrected chi connectivity index (χ2v) is 16.6. The number of hydrogen-bond donors (Lipinski definition) is 4. The van der Waals surface area contributed by atoms with E-state index in [1.165, 1.54) is 7.11 Å². The maximum Gasteiger partial charge on any atom is 1.00 e. The molecule has 327 valence electrons. The number of alkyl halides is 1. The number of methoxy groups -OCH3 is 1. The van der Waals surface area contributed by atoms with Crippen LogP contribution in [0.1, 0.15) is 129 Å². The zero-order chi connectivity index (χ0) is 39.2. The minimum atomic E-state index is -0.420. The van der Waals surface area contributed by atoms with Crippen molar-refractivity contribution in [2.24, 2.45) is 23.7 Å². The molecule has 4 aliphatic rings. The van der Waals surface area contributed by atoms with E-state index in [9.17, 15) is 30.0 Å². The predicted molar refractivity (Wildman–Crippen MR) is 245 cm³/mol. The number of allylic oxidation sites excluding steroid dienone is 2. The quantitative estimate of drug-likeness (QED) is 0.0207. The van der Waals surface area contributed by atoms with Gasteiger partial charge in [-0.25, -0.2) is 0 Å². The molecule has 2 unspecified atom stereocenters. The average Bonchev–Trinajstić information content (AvgIpc) is 3.89. The van der Waals surface area contributed by atoms with Gasteiger partial charge in [0.1, 0.15) is 6.10 Å².